The molecule has 1 aromatic rings. The zero-order valence-electron chi connectivity index (χ0n) is 6.93. The van der Waals surface area contributed by atoms with Gasteiger partial charge >= 0.3 is 28.5 Å². The summed E-state index contributed by atoms with van der Waals surface area (Å²) in [7, 11) is -6.00. The molecule has 0 bridgehead atoms. The average Bonchev–Trinajstić information content (AvgIpc) is 2.03. The summed E-state index contributed by atoms with van der Waals surface area (Å²) in [6.45, 7) is 0. The van der Waals surface area contributed by atoms with Gasteiger partial charge in [-0.3, -0.25) is 0 Å². The first-order valence-electron chi connectivity index (χ1n) is 3.45. The number of benzene rings is 1. The van der Waals surface area contributed by atoms with Gasteiger partial charge in [0, 0.05) is 0 Å². The van der Waals surface area contributed by atoms with Crippen LogP contribution in [-0.4, -0.2) is 7.25 Å². The van der Waals surface area contributed by atoms with Gasteiger partial charge in [0.2, 0.25) is 3.57 Å². The van der Waals surface area contributed by atoms with E-state index in [1.165, 1.54) is 3.57 Å². The van der Waals surface area contributed by atoms with Crippen LogP contribution >= 0.6 is 0 Å². The summed E-state index contributed by atoms with van der Waals surface area (Å²) in [6.07, 6.45) is 5.16. The molecule has 0 saturated carbocycles. The van der Waals surface area contributed by atoms with Crippen LogP contribution < -0.4 is 21.2 Å². The van der Waals surface area contributed by atoms with Crippen molar-refractivity contribution in [3.63, 3.8) is 0 Å². The third-order valence-electron chi connectivity index (χ3n) is 0.897. The Morgan fingerprint density at radius 2 is 1.50 bits per heavy atom. The van der Waals surface area contributed by atoms with Gasteiger partial charge in [-0.05, 0) is 12.1 Å². The minimum absolute atomic E-state index is 0.142. The van der Waals surface area contributed by atoms with E-state index in [1.54, 1.807) is 0 Å². The van der Waals surface area contributed by atoms with Crippen molar-refractivity contribution in [2.45, 2.75) is 0 Å². The minimum Gasteiger partial charge on any atom is -0.418 e. The first kappa shape index (κ1) is 13.3. The van der Waals surface area contributed by atoms with Gasteiger partial charge in [0.1, 0.15) is 0 Å². The number of terminal acetylenes is 1. The molecule has 0 atom stereocenters. The molecule has 0 fully saturated rings. The molecule has 0 amide bonds. The van der Waals surface area contributed by atoms with E-state index in [9.17, 15) is 17.3 Å². The number of halogens is 5. The molecular weight excluding hydrogens is 310 g/mol. The van der Waals surface area contributed by atoms with Crippen LogP contribution in [0.3, 0.4) is 0 Å². The summed E-state index contributed by atoms with van der Waals surface area (Å²) >= 11 is -0.142. The van der Waals surface area contributed by atoms with Crippen LogP contribution in [0.5, 0.6) is 0 Å². The maximum Gasteiger partial charge on any atom is 0.673 e. The summed E-state index contributed by atoms with van der Waals surface area (Å²) in [6, 6.07) is 10.2. The predicted octanol–water partition coefficient (Wildman–Crippen LogP) is -0.164. The quantitative estimate of drug-likeness (QED) is 0.292. The van der Waals surface area contributed by atoms with Crippen molar-refractivity contribution in [3.8, 4) is 10.4 Å². The minimum atomic E-state index is -6.00. The fourth-order valence-electron chi connectivity index (χ4n) is 0.541. The van der Waals surface area contributed by atoms with Crippen LogP contribution in [-0.2, 0) is 0 Å². The van der Waals surface area contributed by atoms with E-state index in [4.69, 9.17) is 6.42 Å². The summed E-state index contributed by atoms with van der Waals surface area (Å²) in [4.78, 5) is 0. The van der Waals surface area contributed by atoms with Gasteiger partial charge in [0.15, 0.2) is 3.93 Å². The summed E-state index contributed by atoms with van der Waals surface area (Å²) in [5.74, 6) is 0. The fourth-order valence-corrected chi connectivity index (χ4v) is 1.68. The molecule has 0 aliphatic heterocycles. The van der Waals surface area contributed by atoms with Gasteiger partial charge in [-0.25, -0.2) is 0 Å². The molecule has 0 aliphatic rings. The van der Waals surface area contributed by atoms with E-state index < -0.39 is 7.25 Å². The maximum absolute atomic E-state index is 9.75. The standard InChI is InChI=1S/C8H6I.BF4/c1-2-9-8-6-4-3-5-7-8;2-1(3,4)5/h1,3-7H;/q+1;-1. The topological polar surface area (TPSA) is 0 Å². The zero-order chi connectivity index (χ0) is 11.0. The molecule has 0 unspecified atom stereocenters. The second kappa shape index (κ2) is 6.70. The monoisotopic (exact) mass is 316 g/mol. The molecule has 0 N–H and O–H groups in total. The highest BCUT2D eigenvalue weighted by molar-refractivity contribution is 6.50. The molecule has 0 aromatic heterocycles. The molecule has 14 heavy (non-hydrogen) atoms. The van der Waals surface area contributed by atoms with Gasteiger partial charge in [-0.2, -0.15) is 0 Å². The average molecular weight is 316 g/mol. The lowest BCUT2D eigenvalue weighted by Gasteiger charge is -1.94. The first-order valence-corrected chi connectivity index (χ1v) is 5.61. The molecular formula is C8H6BF4I. The number of hydrogen-bond acceptors (Lipinski definition) is 0. The second-order valence-corrected chi connectivity index (χ2v) is 4.40. The van der Waals surface area contributed by atoms with Crippen molar-refractivity contribution in [1.29, 1.82) is 0 Å². The normalized spacial score (nSPS) is 9.64. The molecule has 0 heterocycles. The van der Waals surface area contributed by atoms with E-state index in [-0.39, 0.29) is 21.2 Å². The predicted molar refractivity (Wildman–Crippen MR) is 44.2 cm³/mol. The van der Waals surface area contributed by atoms with Crippen molar-refractivity contribution in [2.75, 3.05) is 0 Å². The molecule has 76 valence electrons. The fraction of sp³-hybridized carbons (Fsp3) is 0. The Bertz CT molecular complexity index is 284. The Morgan fingerprint density at radius 1 is 1.07 bits per heavy atom. The molecule has 0 nitrogen and oxygen atoms in total. The highest BCUT2D eigenvalue weighted by Gasteiger charge is 2.20. The van der Waals surface area contributed by atoms with Crippen molar-refractivity contribution in [3.05, 3.63) is 33.9 Å². The Balaban J connectivity index is 0.000000292. The second-order valence-electron chi connectivity index (χ2n) is 1.99. The molecule has 0 radical (unpaired) electrons. The highest BCUT2D eigenvalue weighted by atomic mass is 127. The molecule has 0 spiro atoms. The van der Waals surface area contributed by atoms with Crippen molar-refractivity contribution in [1.82, 2.24) is 0 Å². The van der Waals surface area contributed by atoms with Gasteiger partial charge in [-0.1, -0.05) is 24.6 Å². The molecule has 0 saturated heterocycles. The lowest BCUT2D eigenvalue weighted by molar-refractivity contribution is -0.535. The lowest BCUT2D eigenvalue weighted by atomic mass is 10.3. The van der Waals surface area contributed by atoms with Gasteiger partial charge in [-0.15, -0.1) is 0 Å². The van der Waals surface area contributed by atoms with Crippen LogP contribution in [0.25, 0.3) is 0 Å². The van der Waals surface area contributed by atoms with Crippen molar-refractivity contribution < 1.29 is 38.5 Å². The summed E-state index contributed by atoms with van der Waals surface area (Å²) in [5.41, 5.74) is 0. The molecule has 1 rings (SSSR count). The van der Waals surface area contributed by atoms with Crippen molar-refractivity contribution in [2.24, 2.45) is 0 Å². The molecule has 0 aliphatic carbocycles. The Morgan fingerprint density at radius 3 is 1.86 bits per heavy atom. The van der Waals surface area contributed by atoms with E-state index in [0.717, 1.165) is 0 Å². The van der Waals surface area contributed by atoms with Gasteiger partial charge in [0.25, 0.3) is 0 Å². The van der Waals surface area contributed by atoms with Gasteiger partial charge in [0.05, 0.1) is 0 Å². The SMILES string of the molecule is C#C[I+]c1ccccc1.F[B-](F)(F)F. The zero-order valence-corrected chi connectivity index (χ0v) is 9.09. The highest BCUT2D eigenvalue weighted by Crippen LogP contribution is 2.06. The molecule has 1 aromatic carbocycles. The summed E-state index contributed by atoms with van der Waals surface area (Å²) < 4.78 is 43.0. The Hall–Kier alpha value is -0.705. The van der Waals surface area contributed by atoms with Gasteiger partial charge < -0.3 is 17.3 Å². The van der Waals surface area contributed by atoms with Crippen molar-refractivity contribution >= 4 is 7.25 Å². The maximum atomic E-state index is 9.75. The van der Waals surface area contributed by atoms with E-state index in [2.05, 4.69) is 16.1 Å². The third kappa shape index (κ3) is 11.3. The van der Waals surface area contributed by atoms with E-state index in [1.807, 2.05) is 18.2 Å². The first-order chi connectivity index (χ1) is 6.43. The molecule has 6 heteroatoms. The Kier molecular flexibility index (Phi) is 6.37. The Labute approximate surface area is 90.1 Å². The van der Waals surface area contributed by atoms with Crippen LogP contribution in [0.4, 0.5) is 17.3 Å². The van der Waals surface area contributed by atoms with Crippen LogP contribution in [0.15, 0.2) is 30.3 Å². The smallest absolute Gasteiger partial charge is 0.418 e. The number of hydrogen-bond donors (Lipinski definition) is 0. The van der Waals surface area contributed by atoms with Crippen LogP contribution in [0.2, 0.25) is 0 Å². The third-order valence-corrected chi connectivity index (χ3v) is 2.55. The van der Waals surface area contributed by atoms with E-state index in [0.29, 0.717) is 0 Å². The van der Waals surface area contributed by atoms with Crippen LogP contribution in [0, 0.1) is 13.9 Å². The number of rotatable bonds is 1. The lowest BCUT2D eigenvalue weighted by Crippen LogP contribution is -3.59. The van der Waals surface area contributed by atoms with Crippen LogP contribution in [0.1, 0.15) is 0 Å². The van der Waals surface area contributed by atoms with E-state index >= 15 is 0 Å². The largest absolute Gasteiger partial charge is 0.673 e. The summed E-state index contributed by atoms with van der Waals surface area (Å²) in [5, 5.41) is 0.